The Morgan fingerprint density at radius 2 is 2.08 bits per heavy atom. The van der Waals surface area contributed by atoms with Crippen molar-refractivity contribution in [1.82, 2.24) is 0 Å². The summed E-state index contributed by atoms with van der Waals surface area (Å²) in [6.45, 7) is 1.99. The first-order valence-electron chi connectivity index (χ1n) is 4.11. The molecule has 1 atom stereocenters. The van der Waals surface area contributed by atoms with Gasteiger partial charge in [0.2, 0.25) is 0 Å². The maximum Gasteiger partial charge on any atom is 0.115 e. The number of phenols is 1. The molecule has 0 bridgehead atoms. The molecule has 0 aliphatic heterocycles. The van der Waals surface area contributed by atoms with Gasteiger partial charge in [-0.25, -0.2) is 0 Å². The molecule has 1 aromatic carbocycles. The van der Waals surface area contributed by atoms with E-state index >= 15 is 0 Å². The van der Waals surface area contributed by atoms with E-state index in [0.29, 0.717) is 0 Å². The summed E-state index contributed by atoms with van der Waals surface area (Å²) in [7, 11) is 0. The summed E-state index contributed by atoms with van der Waals surface area (Å²) in [6, 6.07) is 9.12. The molecule has 1 aromatic rings. The molecule has 1 unspecified atom stereocenters. The van der Waals surface area contributed by atoms with Gasteiger partial charge in [-0.15, -0.1) is 11.8 Å². The zero-order chi connectivity index (χ0) is 9.68. The van der Waals surface area contributed by atoms with Crippen LogP contribution in [0.5, 0.6) is 5.75 Å². The van der Waals surface area contributed by atoms with Gasteiger partial charge in [0.15, 0.2) is 0 Å². The predicted octanol–water partition coefficient (Wildman–Crippen LogP) is 2.79. The van der Waals surface area contributed by atoms with Gasteiger partial charge in [-0.1, -0.05) is 6.92 Å². The van der Waals surface area contributed by atoms with Crippen LogP contribution in [-0.4, -0.2) is 10.4 Å². The Labute approximate surface area is 82.2 Å². The molecule has 0 saturated heterocycles. The highest BCUT2D eigenvalue weighted by Gasteiger charge is 2.05. The van der Waals surface area contributed by atoms with E-state index in [4.69, 9.17) is 10.4 Å². The predicted molar refractivity (Wildman–Crippen MR) is 53.7 cm³/mol. The van der Waals surface area contributed by atoms with Gasteiger partial charge in [0.1, 0.15) is 5.75 Å². The van der Waals surface area contributed by atoms with Crippen LogP contribution < -0.4 is 0 Å². The van der Waals surface area contributed by atoms with Gasteiger partial charge in [0.05, 0.1) is 11.3 Å². The molecule has 0 fully saturated rings. The molecule has 0 aliphatic rings. The molecular formula is C10H11NOS. The molecular weight excluding hydrogens is 182 g/mol. The molecule has 0 saturated carbocycles. The molecule has 0 spiro atoms. The van der Waals surface area contributed by atoms with Crippen LogP contribution >= 0.6 is 11.8 Å². The number of hydrogen-bond donors (Lipinski definition) is 1. The molecule has 1 rings (SSSR count). The number of nitrogens with zero attached hydrogens (tertiary/aromatic N) is 1. The van der Waals surface area contributed by atoms with Crippen molar-refractivity contribution in [3.8, 4) is 11.8 Å². The number of hydrogen-bond acceptors (Lipinski definition) is 3. The highest BCUT2D eigenvalue weighted by Crippen LogP contribution is 2.26. The van der Waals surface area contributed by atoms with E-state index in [2.05, 4.69) is 6.07 Å². The Bertz CT molecular complexity index is 302. The average Bonchev–Trinajstić information content (AvgIpc) is 2.17. The zero-order valence-electron chi connectivity index (χ0n) is 7.40. The van der Waals surface area contributed by atoms with Gasteiger partial charge >= 0.3 is 0 Å². The van der Waals surface area contributed by atoms with Gasteiger partial charge in [-0.05, 0) is 30.7 Å². The van der Waals surface area contributed by atoms with E-state index in [0.717, 1.165) is 11.3 Å². The fraction of sp³-hybridized carbons (Fsp3) is 0.300. The van der Waals surface area contributed by atoms with E-state index in [1.165, 1.54) is 11.8 Å². The lowest BCUT2D eigenvalue weighted by molar-refractivity contribution is 0.475. The Morgan fingerprint density at radius 1 is 1.46 bits per heavy atom. The SMILES string of the molecule is CCC(C#N)Sc1ccc(O)cc1. The lowest BCUT2D eigenvalue weighted by Crippen LogP contribution is -1.94. The molecule has 68 valence electrons. The van der Waals surface area contributed by atoms with Crippen LogP contribution in [0.3, 0.4) is 0 Å². The average molecular weight is 193 g/mol. The molecule has 0 aliphatic carbocycles. The minimum absolute atomic E-state index is 0.00421. The second-order valence-electron chi connectivity index (χ2n) is 2.64. The minimum Gasteiger partial charge on any atom is -0.508 e. The summed E-state index contributed by atoms with van der Waals surface area (Å²) >= 11 is 1.53. The molecule has 13 heavy (non-hydrogen) atoms. The minimum atomic E-state index is 0.00421. The van der Waals surface area contributed by atoms with Crippen molar-refractivity contribution in [2.24, 2.45) is 0 Å². The fourth-order valence-electron chi connectivity index (χ4n) is 0.890. The smallest absolute Gasteiger partial charge is 0.115 e. The lowest BCUT2D eigenvalue weighted by Gasteiger charge is -2.04. The Balaban J connectivity index is 2.64. The summed E-state index contributed by atoms with van der Waals surface area (Å²) in [5.41, 5.74) is 0. The third kappa shape index (κ3) is 3.00. The largest absolute Gasteiger partial charge is 0.508 e. The van der Waals surface area contributed by atoms with Gasteiger partial charge in [-0.2, -0.15) is 5.26 Å². The van der Waals surface area contributed by atoms with Crippen LogP contribution in [0.15, 0.2) is 29.2 Å². The highest BCUT2D eigenvalue weighted by molar-refractivity contribution is 8.00. The van der Waals surface area contributed by atoms with E-state index in [9.17, 15) is 0 Å². The summed E-state index contributed by atoms with van der Waals surface area (Å²) < 4.78 is 0. The number of rotatable bonds is 3. The summed E-state index contributed by atoms with van der Waals surface area (Å²) in [5.74, 6) is 0.259. The van der Waals surface area contributed by atoms with Crippen LogP contribution in [-0.2, 0) is 0 Å². The Hall–Kier alpha value is -1.14. The number of benzene rings is 1. The molecule has 2 nitrogen and oxygen atoms in total. The van der Waals surface area contributed by atoms with Crippen LogP contribution in [0.1, 0.15) is 13.3 Å². The second kappa shape index (κ2) is 4.78. The zero-order valence-corrected chi connectivity index (χ0v) is 8.21. The third-order valence-electron chi connectivity index (χ3n) is 1.63. The lowest BCUT2D eigenvalue weighted by atomic mass is 10.3. The maximum absolute atomic E-state index is 9.03. The monoisotopic (exact) mass is 193 g/mol. The Morgan fingerprint density at radius 3 is 2.54 bits per heavy atom. The van der Waals surface area contributed by atoms with Crippen molar-refractivity contribution in [3.05, 3.63) is 24.3 Å². The van der Waals surface area contributed by atoms with Crippen molar-refractivity contribution in [2.45, 2.75) is 23.5 Å². The van der Waals surface area contributed by atoms with Crippen LogP contribution in [0.2, 0.25) is 0 Å². The van der Waals surface area contributed by atoms with Gasteiger partial charge in [0.25, 0.3) is 0 Å². The third-order valence-corrected chi connectivity index (χ3v) is 2.90. The summed E-state index contributed by atoms with van der Waals surface area (Å²) in [6.07, 6.45) is 0.835. The van der Waals surface area contributed by atoms with Gasteiger partial charge in [0, 0.05) is 4.90 Å². The molecule has 3 heteroatoms. The van der Waals surface area contributed by atoms with Crippen molar-refractivity contribution in [3.63, 3.8) is 0 Å². The molecule has 1 N–H and O–H groups in total. The van der Waals surface area contributed by atoms with Crippen molar-refractivity contribution < 1.29 is 5.11 Å². The normalized spacial score (nSPS) is 12.0. The summed E-state index contributed by atoms with van der Waals surface area (Å²) in [5, 5.41) is 17.8. The fourth-order valence-corrected chi connectivity index (χ4v) is 1.73. The van der Waals surface area contributed by atoms with Gasteiger partial charge < -0.3 is 5.11 Å². The molecule has 0 heterocycles. The topological polar surface area (TPSA) is 44.0 Å². The van der Waals surface area contributed by atoms with Crippen molar-refractivity contribution in [2.75, 3.05) is 0 Å². The van der Waals surface area contributed by atoms with Gasteiger partial charge in [-0.3, -0.25) is 0 Å². The molecule has 0 radical (unpaired) electrons. The standard InChI is InChI=1S/C10H11NOS/c1-2-9(7-11)13-10-5-3-8(12)4-6-10/h3-6,9,12H,2H2,1H3. The Kier molecular flexibility index (Phi) is 3.66. The van der Waals surface area contributed by atoms with Crippen molar-refractivity contribution >= 4 is 11.8 Å². The first-order valence-corrected chi connectivity index (χ1v) is 4.99. The second-order valence-corrected chi connectivity index (χ2v) is 3.91. The first kappa shape index (κ1) is 9.94. The number of aromatic hydroxyl groups is 1. The molecule has 0 amide bonds. The van der Waals surface area contributed by atoms with E-state index < -0.39 is 0 Å². The van der Waals surface area contributed by atoms with Crippen LogP contribution in [0.4, 0.5) is 0 Å². The molecule has 0 aromatic heterocycles. The van der Waals surface area contributed by atoms with Crippen LogP contribution in [0, 0.1) is 11.3 Å². The highest BCUT2D eigenvalue weighted by atomic mass is 32.2. The van der Waals surface area contributed by atoms with Crippen LogP contribution in [0.25, 0.3) is 0 Å². The van der Waals surface area contributed by atoms with E-state index in [1.807, 2.05) is 19.1 Å². The first-order chi connectivity index (χ1) is 6.26. The van der Waals surface area contributed by atoms with E-state index in [-0.39, 0.29) is 11.0 Å². The quantitative estimate of drug-likeness (QED) is 0.751. The number of phenolic OH excluding ortho intramolecular Hbond substituents is 1. The van der Waals surface area contributed by atoms with E-state index in [1.54, 1.807) is 12.1 Å². The number of thioether (sulfide) groups is 1. The van der Waals surface area contributed by atoms with Crippen molar-refractivity contribution in [1.29, 1.82) is 5.26 Å². The maximum atomic E-state index is 9.03. The summed E-state index contributed by atoms with van der Waals surface area (Å²) in [4.78, 5) is 1.02. The number of nitriles is 1.